The molecule has 2 atom stereocenters. The molecule has 1 saturated carbocycles. The van der Waals surface area contributed by atoms with E-state index >= 15 is 0 Å². The average Bonchev–Trinajstić information content (AvgIpc) is 2.29. The van der Waals surface area contributed by atoms with Gasteiger partial charge in [0.1, 0.15) is 0 Å². The van der Waals surface area contributed by atoms with Crippen LogP contribution in [0.2, 0.25) is 0 Å². The van der Waals surface area contributed by atoms with E-state index in [1.807, 2.05) is 0 Å². The normalized spacial score (nSPS) is 40.5. The van der Waals surface area contributed by atoms with Crippen LogP contribution in [0.25, 0.3) is 0 Å². The van der Waals surface area contributed by atoms with Crippen LogP contribution in [0, 0.1) is 17.3 Å². The molecular weight excluding hydrogens is 146 g/mol. The van der Waals surface area contributed by atoms with E-state index in [2.05, 4.69) is 19.2 Å². The van der Waals surface area contributed by atoms with Crippen molar-refractivity contribution in [2.75, 3.05) is 13.1 Å². The summed E-state index contributed by atoms with van der Waals surface area (Å²) >= 11 is 0. The van der Waals surface area contributed by atoms with Crippen molar-refractivity contribution in [2.24, 2.45) is 17.3 Å². The Hall–Kier alpha value is -0.0400. The average molecular weight is 167 g/mol. The lowest BCUT2D eigenvalue weighted by Gasteiger charge is -2.38. The molecule has 1 spiro atoms. The van der Waals surface area contributed by atoms with E-state index in [1.165, 1.54) is 38.8 Å². The maximum atomic E-state index is 3.47. The van der Waals surface area contributed by atoms with E-state index in [-0.39, 0.29) is 0 Å². The largest absolute Gasteiger partial charge is 0.317 e. The summed E-state index contributed by atoms with van der Waals surface area (Å²) in [5, 5.41) is 3.47. The van der Waals surface area contributed by atoms with Gasteiger partial charge in [-0.05, 0) is 56.0 Å². The second-order valence-electron chi connectivity index (χ2n) is 5.06. The van der Waals surface area contributed by atoms with Gasteiger partial charge in [0, 0.05) is 0 Å². The third-order valence-corrected chi connectivity index (χ3v) is 4.16. The van der Waals surface area contributed by atoms with Crippen molar-refractivity contribution in [2.45, 2.75) is 39.5 Å². The Morgan fingerprint density at radius 2 is 1.83 bits per heavy atom. The van der Waals surface area contributed by atoms with Crippen LogP contribution in [0.1, 0.15) is 39.5 Å². The molecule has 0 radical (unpaired) electrons. The van der Waals surface area contributed by atoms with Crippen LogP contribution >= 0.6 is 0 Å². The predicted molar refractivity (Wildman–Crippen MR) is 52.1 cm³/mol. The molecule has 2 fully saturated rings. The highest BCUT2D eigenvalue weighted by Crippen LogP contribution is 2.51. The number of nitrogens with one attached hydrogen (secondary N) is 1. The van der Waals surface area contributed by atoms with Gasteiger partial charge >= 0.3 is 0 Å². The Labute approximate surface area is 75.9 Å². The number of piperidine rings is 1. The third-order valence-electron chi connectivity index (χ3n) is 4.16. The maximum Gasteiger partial charge on any atom is -0.00435 e. The van der Waals surface area contributed by atoms with Crippen molar-refractivity contribution >= 4 is 0 Å². The molecule has 0 bridgehead atoms. The van der Waals surface area contributed by atoms with Crippen LogP contribution < -0.4 is 5.32 Å². The smallest absolute Gasteiger partial charge is 0.00435 e. The minimum absolute atomic E-state index is 0.741. The van der Waals surface area contributed by atoms with Crippen molar-refractivity contribution < 1.29 is 0 Å². The molecule has 0 amide bonds. The zero-order valence-electron chi connectivity index (χ0n) is 8.40. The SMILES string of the molecule is C[C@H]1C[C@@H](C)C2(CCNCC2)C1. The molecule has 0 aromatic rings. The Balaban J connectivity index is 2.08. The predicted octanol–water partition coefficient (Wildman–Crippen LogP) is 2.42. The Morgan fingerprint density at radius 1 is 1.17 bits per heavy atom. The Bertz CT molecular complexity index is 158. The molecule has 1 heterocycles. The van der Waals surface area contributed by atoms with E-state index in [0.29, 0.717) is 0 Å². The Kier molecular flexibility index (Phi) is 2.16. The van der Waals surface area contributed by atoms with Gasteiger partial charge in [0.2, 0.25) is 0 Å². The number of rotatable bonds is 0. The minimum atomic E-state index is 0.741. The summed E-state index contributed by atoms with van der Waals surface area (Å²) in [6.07, 6.45) is 5.83. The summed E-state index contributed by atoms with van der Waals surface area (Å²) < 4.78 is 0. The van der Waals surface area contributed by atoms with Crippen LogP contribution in [-0.4, -0.2) is 13.1 Å². The van der Waals surface area contributed by atoms with Crippen LogP contribution in [0.15, 0.2) is 0 Å². The standard InChI is InChI=1S/C11H21N/c1-9-7-10(2)11(8-9)3-5-12-6-4-11/h9-10,12H,3-8H2,1-2H3/t9-,10+/m0/s1. The number of hydrogen-bond acceptors (Lipinski definition) is 1. The molecule has 12 heavy (non-hydrogen) atoms. The first kappa shape index (κ1) is 8.55. The molecule has 1 nitrogen and oxygen atoms in total. The lowest BCUT2D eigenvalue weighted by atomic mass is 9.71. The van der Waals surface area contributed by atoms with E-state index in [0.717, 1.165) is 17.3 Å². The molecule has 1 aliphatic carbocycles. The second-order valence-corrected chi connectivity index (χ2v) is 5.06. The monoisotopic (exact) mass is 167 g/mol. The minimum Gasteiger partial charge on any atom is -0.317 e. The molecule has 1 N–H and O–H groups in total. The summed E-state index contributed by atoms with van der Waals surface area (Å²) in [4.78, 5) is 0. The molecule has 0 aromatic heterocycles. The van der Waals surface area contributed by atoms with Crippen LogP contribution in [0.3, 0.4) is 0 Å². The molecule has 0 unspecified atom stereocenters. The molecule has 2 rings (SSSR count). The van der Waals surface area contributed by atoms with Gasteiger partial charge in [-0.3, -0.25) is 0 Å². The first-order valence-electron chi connectivity index (χ1n) is 5.44. The molecule has 1 aliphatic heterocycles. The second kappa shape index (κ2) is 3.02. The van der Waals surface area contributed by atoms with Gasteiger partial charge in [-0.1, -0.05) is 13.8 Å². The summed E-state index contributed by atoms with van der Waals surface area (Å²) in [6.45, 7) is 7.41. The van der Waals surface area contributed by atoms with Gasteiger partial charge in [-0.15, -0.1) is 0 Å². The van der Waals surface area contributed by atoms with E-state index in [1.54, 1.807) is 0 Å². The zero-order chi connectivity index (χ0) is 8.60. The van der Waals surface area contributed by atoms with Gasteiger partial charge in [0.25, 0.3) is 0 Å². The zero-order valence-corrected chi connectivity index (χ0v) is 8.40. The molecule has 0 aromatic carbocycles. The van der Waals surface area contributed by atoms with E-state index < -0.39 is 0 Å². The van der Waals surface area contributed by atoms with Gasteiger partial charge < -0.3 is 5.32 Å². The van der Waals surface area contributed by atoms with Crippen LogP contribution in [0.4, 0.5) is 0 Å². The lowest BCUT2D eigenvalue weighted by molar-refractivity contribution is 0.147. The van der Waals surface area contributed by atoms with E-state index in [9.17, 15) is 0 Å². The third kappa shape index (κ3) is 1.28. The molecule has 2 aliphatic rings. The number of hydrogen-bond donors (Lipinski definition) is 1. The highest BCUT2D eigenvalue weighted by molar-refractivity contribution is 4.95. The van der Waals surface area contributed by atoms with Crippen molar-refractivity contribution in [3.63, 3.8) is 0 Å². The summed E-state index contributed by atoms with van der Waals surface area (Å²) in [6, 6.07) is 0. The first-order chi connectivity index (χ1) is 5.73. The van der Waals surface area contributed by atoms with Crippen LogP contribution in [0.5, 0.6) is 0 Å². The lowest BCUT2D eigenvalue weighted by Crippen LogP contribution is -2.38. The first-order valence-corrected chi connectivity index (χ1v) is 5.44. The van der Waals surface area contributed by atoms with Gasteiger partial charge in [-0.25, -0.2) is 0 Å². The van der Waals surface area contributed by atoms with Crippen molar-refractivity contribution in [3.05, 3.63) is 0 Å². The van der Waals surface area contributed by atoms with Gasteiger partial charge in [0.15, 0.2) is 0 Å². The molecule has 1 heteroatoms. The fourth-order valence-corrected chi connectivity index (χ4v) is 3.45. The van der Waals surface area contributed by atoms with Crippen molar-refractivity contribution in [1.29, 1.82) is 0 Å². The highest BCUT2D eigenvalue weighted by Gasteiger charge is 2.43. The quantitative estimate of drug-likeness (QED) is 0.584. The topological polar surface area (TPSA) is 12.0 Å². The fraction of sp³-hybridized carbons (Fsp3) is 1.00. The Morgan fingerprint density at radius 3 is 2.33 bits per heavy atom. The van der Waals surface area contributed by atoms with Crippen molar-refractivity contribution in [1.82, 2.24) is 5.32 Å². The highest BCUT2D eigenvalue weighted by atomic mass is 14.9. The molecule has 1 saturated heterocycles. The fourth-order valence-electron chi connectivity index (χ4n) is 3.45. The van der Waals surface area contributed by atoms with Crippen molar-refractivity contribution in [3.8, 4) is 0 Å². The summed E-state index contributed by atoms with van der Waals surface area (Å²) in [5.41, 5.74) is 0.741. The maximum absolute atomic E-state index is 3.47. The van der Waals surface area contributed by atoms with Gasteiger partial charge in [0.05, 0.1) is 0 Å². The summed E-state index contributed by atoms with van der Waals surface area (Å²) in [7, 11) is 0. The van der Waals surface area contributed by atoms with Gasteiger partial charge in [-0.2, -0.15) is 0 Å². The summed E-state index contributed by atoms with van der Waals surface area (Å²) in [5.74, 6) is 1.97. The van der Waals surface area contributed by atoms with E-state index in [4.69, 9.17) is 0 Å². The van der Waals surface area contributed by atoms with Crippen LogP contribution in [-0.2, 0) is 0 Å². The molecule has 70 valence electrons. The molecular formula is C11H21N.